The van der Waals surface area contributed by atoms with E-state index >= 15 is 0 Å². The molecule has 0 aromatic carbocycles. The minimum Gasteiger partial charge on any atom is -0.462 e. The zero-order valence-corrected chi connectivity index (χ0v) is 71.9. The monoisotopic (exact) mass is 1550 g/mol. The van der Waals surface area contributed by atoms with E-state index in [1.165, 1.54) is 250 Å². The van der Waals surface area contributed by atoms with Crippen LogP contribution in [0.1, 0.15) is 453 Å². The maximum Gasteiger partial charge on any atom is 0.472 e. The van der Waals surface area contributed by atoms with Gasteiger partial charge in [-0.25, -0.2) is 9.13 Å². The molecule has 17 nitrogen and oxygen atoms in total. The third-order valence-electron chi connectivity index (χ3n) is 21.0. The van der Waals surface area contributed by atoms with E-state index in [0.717, 1.165) is 120 Å². The molecule has 0 spiro atoms. The molecule has 19 heteroatoms. The van der Waals surface area contributed by atoms with E-state index in [1.807, 2.05) is 0 Å². The molecule has 0 aliphatic heterocycles. The molecule has 4 unspecified atom stereocenters. The van der Waals surface area contributed by atoms with E-state index in [-0.39, 0.29) is 25.7 Å². The van der Waals surface area contributed by atoms with Gasteiger partial charge < -0.3 is 33.8 Å². The van der Waals surface area contributed by atoms with Gasteiger partial charge in [0.05, 0.1) is 26.4 Å². The smallest absolute Gasteiger partial charge is 0.462 e. The Bertz CT molecular complexity index is 2060. The molecule has 0 bridgehead atoms. The van der Waals surface area contributed by atoms with E-state index in [9.17, 15) is 43.2 Å². The molecular formula is C87H170O17P2. The molecule has 0 radical (unpaired) electrons. The van der Waals surface area contributed by atoms with Gasteiger partial charge in [0.25, 0.3) is 0 Å². The Morgan fingerprint density at radius 2 is 0.453 bits per heavy atom. The van der Waals surface area contributed by atoms with Crippen molar-refractivity contribution in [1.29, 1.82) is 0 Å². The number of ether oxygens (including phenoxy) is 4. The summed E-state index contributed by atoms with van der Waals surface area (Å²) in [6.07, 6.45) is 65.4. The highest BCUT2D eigenvalue weighted by atomic mass is 31.2. The zero-order chi connectivity index (χ0) is 78.1. The van der Waals surface area contributed by atoms with E-state index in [2.05, 4.69) is 55.4 Å². The molecule has 106 heavy (non-hydrogen) atoms. The SMILES string of the molecule is CCC(C)CCCCCCCCCCCCCCCCCCCCC(=O)O[C@H](COC(=O)CCCCCCCCC(C)CC)COP(=O)(O)OC[C@H](O)COP(=O)(O)OC[C@@H](COC(=O)CCCCCCCCCCCCC(C)C)OC(=O)CCCCCCCCCCCCCCCCCCCCC(C)C. The quantitative estimate of drug-likeness (QED) is 0.0222. The Kier molecular flexibility index (Phi) is 74.3. The van der Waals surface area contributed by atoms with Crippen molar-refractivity contribution in [3.05, 3.63) is 0 Å². The van der Waals surface area contributed by atoms with Gasteiger partial charge in [0.2, 0.25) is 0 Å². The Hall–Kier alpha value is -1.94. The third-order valence-corrected chi connectivity index (χ3v) is 22.9. The fourth-order valence-electron chi connectivity index (χ4n) is 13.4. The second-order valence-electron chi connectivity index (χ2n) is 32.7. The van der Waals surface area contributed by atoms with Crippen LogP contribution < -0.4 is 0 Å². The highest BCUT2D eigenvalue weighted by Gasteiger charge is 2.31. The Morgan fingerprint density at radius 3 is 0.670 bits per heavy atom. The van der Waals surface area contributed by atoms with E-state index in [1.54, 1.807) is 0 Å². The highest BCUT2D eigenvalue weighted by Crippen LogP contribution is 2.45. The predicted octanol–water partition coefficient (Wildman–Crippen LogP) is 26.3. The molecule has 0 rings (SSSR count). The number of esters is 4. The van der Waals surface area contributed by atoms with Crippen LogP contribution in [0.3, 0.4) is 0 Å². The molecule has 0 aromatic rings. The number of unbranched alkanes of at least 4 members (excludes halogenated alkanes) is 48. The average molecular weight is 1550 g/mol. The Balaban J connectivity index is 5.18. The van der Waals surface area contributed by atoms with Gasteiger partial charge >= 0.3 is 39.5 Å². The van der Waals surface area contributed by atoms with Crippen LogP contribution in [0.5, 0.6) is 0 Å². The van der Waals surface area contributed by atoms with Crippen molar-refractivity contribution >= 4 is 39.5 Å². The van der Waals surface area contributed by atoms with E-state index in [0.29, 0.717) is 25.7 Å². The molecule has 0 aliphatic carbocycles. The lowest BCUT2D eigenvalue weighted by molar-refractivity contribution is -0.161. The van der Waals surface area contributed by atoms with Crippen molar-refractivity contribution in [2.45, 2.75) is 472 Å². The van der Waals surface area contributed by atoms with Crippen LogP contribution in [0.15, 0.2) is 0 Å². The minimum absolute atomic E-state index is 0.107. The van der Waals surface area contributed by atoms with Gasteiger partial charge in [-0.1, -0.05) is 402 Å². The standard InChI is InChI=1S/C87H170O17P2/c1-9-79(7)65-57-49-41-35-28-24-20-16-12-14-18-22-26-30-38-44-54-62-70-87(92)104-83(74-98-85(90)68-60-52-46-45-50-58-66-80(8)10-2)76-102-106(95,96)100-72-81(88)71-99-105(93,94)101-75-82(73-97-84(89)67-59-51-42-36-32-31-34-40-48-56-64-78(5)6)103-86(91)69-61-53-43-37-29-25-21-17-13-11-15-19-23-27-33-39-47-55-63-77(3)4/h77-83,88H,9-76H2,1-8H3,(H,93,94)(H,95,96)/t79?,80?,81-,82-,83-/m1/s1. The third kappa shape index (κ3) is 77.4. The number of rotatable bonds is 84. The summed E-state index contributed by atoms with van der Waals surface area (Å²) in [7, 11) is -9.93. The molecule has 0 fully saturated rings. The molecule has 3 N–H and O–H groups in total. The van der Waals surface area contributed by atoms with Crippen LogP contribution in [-0.2, 0) is 65.4 Å². The summed E-state index contributed by atoms with van der Waals surface area (Å²) < 4.78 is 68.9. The summed E-state index contributed by atoms with van der Waals surface area (Å²) in [5, 5.41) is 10.7. The van der Waals surface area contributed by atoms with Crippen LogP contribution in [0.4, 0.5) is 0 Å². The van der Waals surface area contributed by atoms with Crippen LogP contribution in [0.25, 0.3) is 0 Å². The number of aliphatic hydroxyl groups is 1. The summed E-state index contributed by atoms with van der Waals surface area (Å²) in [4.78, 5) is 73.2. The number of carbonyl (C=O) groups is 4. The first-order valence-electron chi connectivity index (χ1n) is 44.8. The number of aliphatic hydroxyl groups excluding tert-OH is 1. The first-order valence-corrected chi connectivity index (χ1v) is 47.8. The van der Waals surface area contributed by atoms with E-state index < -0.39 is 97.5 Å². The molecule has 0 aliphatic rings. The van der Waals surface area contributed by atoms with Gasteiger partial charge in [0.15, 0.2) is 12.2 Å². The average Bonchev–Trinajstić information content (AvgIpc) is 0.921. The number of carbonyl (C=O) groups excluding carboxylic acids is 4. The Morgan fingerprint density at radius 1 is 0.264 bits per heavy atom. The van der Waals surface area contributed by atoms with Gasteiger partial charge in [-0.05, 0) is 49.4 Å². The minimum atomic E-state index is -4.97. The number of hydrogen-bond acceptors (Lipinski definition) is 15. The number of phosphoric acid groups is 2. The number of phosphoric ester groups is 2. The van der Waals surface area contributed by atoms with Crippen molar-refractivity contribution in [1.82, 2.24) is 0 Å². The van der Waals surface area contributed by atoms with Crippen LogP contribution in [0, 0.1) is 23.7 Å². The second-order valence-corrected chi connectivity index (χ2v) is 35.6. The zero-order valence-electron chi connectivity index (χ0n) is 70.1. The normalized spacial score (nSPS) is 14.4. The lowest BCUT2D eigenvalue weighted by atomic mass is 9.99. The first-order chi connectivity index (χ1) is 51.2. The fourth-order valence-corrected chi connectivity index (χ4v) is 15.0. The summed E-state index contributed by atoms with van der Waals surface area (Å²) in [6, 6.07) is 0. The van der Waals surface area contributed by atoms with Gasteiger partial charge in [0, 0.05) is 25.7 Å². The largest absolute Gasteiger partial charge is 0.472 e. The molecule has 7 atom stereocenters. The highest BCUT2D eigenvalue weighted by molar-refractivity contribution is 7.47. The van der Waals surface area contributed by atoms with Gasteiger partial charge in [-0.3, -0.25) is 37.3 Å². The van der Waals surface area contributed by atoms with Crippen LogP contribution in [-0.4, -0.2) is 96.7 Å². The summed E-state index contributed by atoms with van der Waals surface area (Å²) >= 11 is 0. The van der Waals surface area contributed by atoms with E-state index in [4.69, 9.17) is 37.0 Å². The topological polar surface area (TPSA) is 237 Å². The van der Waals surface area contributed by atoms with Gasteiger partial charge in [-0.15, -0.1) is 0 Å². The molecule has 0 saturated carbocycles. The van der Waals surface area contributed by atoms with Crippen molar-refractivity contribution in [3.8, 4) is 0 Å². The molecular weight excluding hydrogens is 1380 g/mol. The van der Waals surface area contributed by atoms with Crippen LogP contribution in [0.2, 0.25) is 0 Å². The molecule has 630 valence electrons. The second kappa shape index (κ2) is 75.7. The first kappa shape index (κ1) is 104. The van der Waals surface area contributed by atoms with Crippen LogP contribution >= 0.6 is 15.6 Å². The molecule has 0 aromatic heterocycles. The lowest BCUT2D eigenvalue weighted by Crippen LogP contribution is -2.30. The maximum absolute atomic E-state index is 13.1. The van der Waals surface area contributed by atoms with Gasteiger partial charge in [-0.2, -0.15) is 0 Å². The van der Waals surface area contributed by atoms with Crippen molar-refractivity contribution < 1.29 is 80.2 Å². The van der Waals surface area contributed by atoms with Crippen molar-refractivity contribution in [2.24, 2.45) is 23.7 Å². The van der Waals surface area contributed by atoms with Gasteiger partial charge in [0.1, 0.15) is 19.3 Å². The summed E-state index contributed by atoms with van der Waals surface area (Å²) in [5.41, 5.74) is 0. The fraction of sp³-hybridized carbons (Fsp3) is 0.954. The number of hydrogen-bond donors (Lipinski definition) is 3. The Labute approximate surface area is 651 Å². The summed E-state index contributed by atoms with van der Waals surface area (Å²) in [5.74, 6) is 1.07. The summed E-state index contributed by atoms with van der Waals surface area (Å²) in [6.45, 7) is 14.3. The van der Waals surface area contributed by atoms with Crippen molar-refractivity contribution in [2.75, 3.05) is 39.6 Å². The lowest BCUT2D eigenvalue weighted by Gasteiger charge is -2.21. The molecule has 0 amide bonds. The molecule has 0 saturated heterocycles. The van der Waals surface area contributed by atoms with Crippen molar-refractivity contribution in [3.63, 3.8) is 0 Å². The predicted molar refractivity (Wildman–Crippen MR) is 437 cm³/mol. The maximum atomic E-state index is 13.1. The molecule has 0 heterocycles.